The molecule has 0 bridgehead atoms. The van der Waals surface area contributed by atoms with Crippen molar-refractivity contribution in [2.24, 2.45) is 5.92 Å². The van der Waals surface area contributed by atoms with Crippen molar-refractivity contribution < 1.29 is 18.0 Å². The third-order valence-electron chi connectivity index (χ3n) is 1.94. The van der Waals surface area contributed by atoms with Crippen LogP contribution in [0.15, 0.2) is 0 Å². The van der Waals surface area contributed by atoms with Crippen LogP contribution in [0.1, 0.15) is 33.1 Å². The van der Waals surface area contributed by atoms with Gasteiger partial charge in [-0.05, 0) is 12.3 Å². The molecule has 0 fully saturated rings. The third-order valence-corrected chi connectivity index (χ3v) is 1.94. The van der Waals surface area contributed by atoms with Gasteiger partial charge in [-0.15, -0.1) is 0 Å². The van der Waals surface area contributed by atoms with E-state index in [0.717, 1.165) is 19.3 Å². The maximum atomic E-state index is 11.7. The number of nitrogens with one attached hydrogen (secondary N) is 2. The molecule has 0 aliphatic carbocycles. The van der Waals surface area contributed by atoms with E-state index in [1.165, 1.54) is 0 Å². The predicted octanol–water partition coefficient (Wildman–Crippen LogP) is 2.67. The van der Waals surface area contributed by atoms with E-state index in [9.17, 15) is 18.0 Å². The number of hydrogen-bond acceptors (Lipinski definition) is 1. The quantitative estimate of drug-likeness (QED) is 0.688. The fourth-order valence-electron chi connectivity index (χ4n) is 1.12. The highest BCUT2D eigenvalue weighted by Gasteiger charge is 2.27. The first-order valence-electron chi connectivity index (χ1n) is 5.39. The second-order valence-corrected chi connectivity index (χ2v) is 4.11. The van der Waals surface area contributed by atoms with Gasteiger partial charge in [0.25, 0.3) is 0 Å². The summed E-state index contributed by atoms with van der Waals surface area (Å²) in [4.78, 5) is 10.9. The molecular formula is C10H19F3N2O. The first-order valence-corrected chi connectivity index (χ1v) is 5.39. The van der Waals surface area contributed by atoms with Gasteiger partial charge < -0.3 is 10.6 Å². The number of carbonyl (C=O) groups is 1. The highest BCUT2D eigenvalue weighted by molar-refractivity contribution is 5.73. The molecule has 0 aromatic rings. The Morgan fingerprint density at radius 2 is 1.81 bits per heavy atom. The molecule has 0 aromatic heterocycles. The van der Waals surface area contributed by atoms with E-state index >= 15 is 0 Å². The summed E-state index contributed by atoms with van der Waals surface area (Å²) < 4.78 is 35.1. The lowest BCUT2D eigenvalue weighted by atomic mass is 10.1. The minimum Gasteiger partial charge on any atom is -0.338 e. The summed E-state index contributed by atoms with van der Waals surface area (Å²) in [5.41, 5.74) is 0. The van der Waals surface area contributed by atoms with Gasteiger partial charge in [0.05, 0.1) is 0 Å². The van der Waals surface area contributed by atoms with Gasteiger partial charge in [-0.1, -0.05) is 26.7 Å². The van der Waals surface area contributed by atoms with Crippen molar-refractivity contribution in [1.82, 2.24) is 10.6 Å². The molecule has 0 heterocycles. The monoisotopic (exact) mass is 240 g/mol. The lowest BCUT2D eigenvalue weighted by Crippen LogP contribution is -2.41. The molecule has 0 rings (SSSR count). The van der Waals surface area contributed by atoms with Crippen LogP contribution in [0, 0.1) is 5.92 Å². The Morgan fingerprint density at radius 1 is 1.19 bits per heavy atom. The Balaban J connectivity index is 3.38. The van der Waals surface area contributed by atoms with Crippen LogP contribution in [0.2, 0.25) is 0 Å². The first kappa shape index (κ1) is 15.1. The second-order valence-electron chi connectivity index (χ2n) is 4.11. The zero-order valence-electron chi connectivity index (χ0n) is 9.66. The summed E-state index contributed by atoms with van der Waals surface area (Å²) in [7, 11) is 0. The molecule has 0 aromatic carbocycles. The van der Waals surface area contributed by atoms with Crippen LogP contribution in [-0.4, -0.2) is 25.3 Å². The maximum absolute atomic E-state index is 11.7. The van der Waals surface area contributed by atoms with E-state index in [1.54, 1.807) is 5.32 Å². The average molecular weight is 240 g/mol. The zero-order valence-corrected chi connectivity index (χ0v) is 9.66. The number of hydrogen-bond donors (Lipinski definition) is 2. The van der Waals surface area contributed by atoms with Gasteiger partial charge >= 0.3 is 12.2 Å². The summed E-state index contributed by atoms with van der Waals surface area (Å²) in [6.07, 6.45) is -1.53. The molecule has 0 saturated carbocycles. The van der Waals surface area contributed by atoms with Crippen LogP contribution < -0.4 is 10.6 Å². The molecular weight excluding hydrogens is 221 g/mol. The summed E-state index contributed by atoms with van der Waals surface area (Å²) in [5.74, 6) is 0.610. The topological polar surface area (TPSA) is 41.1 Å². The van der Waals surface area contributed by atoms with Gasteiger partial charge in [0.1, 0.15) is 6.54 Å². The largest absolute Gasteiger partial charge is 0.405 e. The highest BCUT2D eigenvalue weighted by Crippen LogP contribution is 2.11. The van der Waals surface area contributed by atoms with Crippen molar-refractivity contribution in [2.45, 2.75) is 39.3 Å². The molecule has 0 aliphatic rings. The van der Waals surface area contributed by atoms with Crippen molar-refractivity contribution in [3.05, 3.63) is 0 Å². The fourth-order valence-corrected chi connectivity index (χ4v) is 1.12. The number of unbranched alkanes of at least 4 members (excludes halogenated alkanes) is 1. The Hall–Kier alpha value is -0.940. The van der Waals surface area contributed by atoms with E-state index in [0.29, 0.717) is 12.5 Å². The minimum atomic E-state index is -4.35. The maximum Gasteiger partial charge on any atom is 0.405 e. The third kappa shape index (κ3) is 11.1. The van der Waals surface area contributed by atoms with Crippen LogP contribution in [0.5, 0.6) is 0 Å². The van der Waals surface area contributed by atoms with Gasteiger partial charge in [0, 0.05) is 6.54 Å². The predicted molar refractivity (Wildman–Crippen MR) is 56.1 cm³/mol. The number of urea groups is 1. The normalized spacial score (nSPS) is 11.6. The number of halogens is 3. The van der Waals surface area contributed by atoms with Gasteiger partial charge in [-0.2, -0.15) is 13.2 Å². The fraction of sp³-hybridized carbons (Fsp3) is 0.900. The highest BCUT2D eigenvalue weighted by atomic mass is 19.4. The molecule has 0 unspecified atom stereocenters. The van der Waals surface area contributed by atoms with Crippen LogP contribution in [0.3, 0.4) is 0 Å². The summed E-state index contributed by atoms with van der Waals surface area (Å²) in [6.45, 7) is 3.33. The van der Waals surface area contributed by atoms with Gasteiger partial charge in [0.2, 0.25) is 0 Å². The Morgan fingerprint density at radius 3 is 2.31 bits per heavy atom. The zero-order chi connectivity index (χ0) is 12.6. The second kappa shape index (κ2) is 7.35. The summed E-state index contributed by atoms with van der Waals surface area (Å²) in [5, 5.41) is 4.13. The van der Waals surface area contributed by atoms with Gasteiger partial charge in [-0.25, -0.2) is 4.79 Å². The Bertz CT molecular complexity index is 205. The number of rotatable bonds is 6. The average Bonchev–Trinajstić information content (AvgIpc) is 2.12. The molecule has 6 heteroatoms. The molecule has 0 atom stereocenters. The van der Waals surface area contributed by atoms with Crippen molar-refractivity contribution in [3.63, 3.8) is 0 Å². The lowest BCUT2D eigenvalue weighted by Gasteiger charge is -2.10. The van der Waals surface area contributed by atoms with Gasteiger partial charge in [-0.3, -0.25) is 0 Å². The van der Waals surface area contributed by atoms with Crippen molar-refractivity contribution in [1.29, 1.82) is 0 Å². The molecule has 3 nitrogen and oxygen atoms in total. The Kier molecular flexibility index (Phi) is 6.92. The Labute approximate surface area is 93.8 Å². The van der Waals surface area contributed by atoms with Crippen LogP contribution in [-0.2, 0) is 0 Å². The van der Waals surface area contributed by atoms with E-state index in [1.807, 2.05) is 0 Å². The molecule has 2 N–H and O–H groups in total. The van der Waals surface area contributed by atoms with E-state index in [4.69, 9.17) is 0 Å². The first-order chi connectivity index (χ1) is 7.31. The van der Waals surface area contributed by atoms with Crippen LogP contribution in [0.25, 0.3) is 0 Å². The molecule has 0 radical (unpaired) electrons. The summed E-state index contributed by atoms with van der Waals surface area (Å²) >= 11 is 0. The van der Waals surface area contributed by atoms with Crippen molar-refractivity contribution >= 4 is 6.03 Å². The summed E-state index contributed by atoms with van der Waals surface area (Å²) in [6, 6.07) is -0.762. The molecule has 16 heavy (non-hydrogen) atoms. The SMILES string of the molecule is CC(C)CCCCNC(=O)NCC(F)(F)F. The van der Waals surface area contributed by atoms with E-state index in [2.05, 4.69) is 19.2 Å². The molecule has 0 aliphatic heterocycles. The molecule has 0 spiro atoms. The number of alkyl halides is 3. The minimum absolute atomic E-state index is 0.413. The molecule has 96 valence electrons. The van der Waals surface area contributed by atoms with Crippen LogP contribution >= 0.6 is 0 Å². The lowest BCUT2D eigenvalue weighted by molar-refractivity contribution is -0.122. The van der Waals surface area contributed by atoms with Crippen molar-refractivity contribution in [3.8, 4) is 0 Å². The van der Waals surface area contributed by atoms with Crippen LogP contribution in [0.4, 0.5) is 18.0 Å². The number of carbonyl (C=O) groups excluding carboxylic acids is 1. The van der Waals surface area contributed by atoms with Gasteiger partial charge in [0.15, 0.2) is 0 Å². The standard InChI is InChI=1S/C10H19F3N2O/c1-8(2)5-3-4-6-14-9(16)15-7-10(11,12)13/h8H,3-7H2,1-2H3,(H2,14,15,16). The van der Waals surface area contributed by atoms with E-state index in [-0.39, 0.29) is 0 Å². The van der Waals surface area contributed by atoms with E-state index < -0.39 is 18.8 Å². The molecule has 0 saturated heterocycles. The van der Waals surface area contributed by atoms with Crippen molar-refractivity contribution in [2.75, 3.05) is 13.1 Å². The molecule has 2 amide bonds. The smallest absolute Gasteiger partial charge is 0.338 e. The number of amides is 2.